The lowest BCUT2D eigenvalue weighted by Gasteiger charge is -2.26. The highest BCUT2D eigenvalue weighted by atomic mass is 16.3. The summed E-state index contributed by atoms with van der Waals surface area (Å²) >= 11 is 0. The van der Waals surface area contributed by atoms with Crippen LogP contribution in [0.4, 0.5) is 0 Å². The van der Waals surface area contributed by atoms with Gasteiger partial charge >= 0.3 is 0 Å². The first-order valence-electron chi connectivity index (χ1n) is 10.9. The zero-order valence-electron chi connectivity index (χ0n) is 18.8. The van der Waals surface area contributed by atoms with Crippen LogP contribution in [0.3, 0.4) is 0 Å². The summed E-state index contributed by atoms with van der Waals surface area (Å²) in [5.41, 5.74) is 3.25. The molecule has 2 aromatic rings. The van der Waals surface area contributed by atoms with Crippen LogP contribution in [0.1, 0.15) is 48.6 Å². The van der Waals surface area contributed by atoms with Gasteiger partial charge in [0.05, 0.1) is 11.6 Å². The van der Waals surface area contributed by atoms with Gasteiger partial charge in [0.15, 0.2) is 0 Å². The predicted molar refractivity (Wildman–Crippen MR) is 122 cm³/mol. The molecule has 0 radical (unpaired) electrons. The normalized spacial score (nSPS) is 18.2. The van der Waals surface area contributed by atoms with E-state index in [4.69, 9.17) is 0 Å². The Bertz CT molecular complexity index is 981. The van der Waals surface area contributed by atoms with Crippen LogP contribution in [0, 0.1) is 13.8 Å². The van der Waals surface area contributed by atoms with Crippen molar-refractivity contribution in [2.24, 2.45) is 0 Å². The lowest BCUT2D eigenvalue weighted by Crippen LogP contribution is -2.33. The molecule has 1 N–H and O–H groups in total. The van der Waals surface area contributed by atoms with Crippen molar-refractivity contribution >= 4 is 17.4 Å². The largest absolute Gasteiger partial charge is 0.507 e. The van der Waals surface area contributed by atoms with Gasteiger partial charge in [-0.15, -0.1) is 0 Å². The maximum absolute atomic E-state index is 13.1. The molecule has 0 spiro atoms. The molecule has 1 aromatic carbocycles. The Balaban J connectivity index is 2.04. The van der Waals surface area contributed by atoms with Gasteiger partial charge in [-0.1, -0.05) is 37.6 Å². The fourth-order valence-corrected chi connectivity index (χ4v) is 4.14. The van der Waals surface area contributed by atoms with Crippen molar-refractivity contribution in [3.05, 3.63) is 70.6 Å². The summed E-state index contributed by atoms with van der Waals surface area (Å²) in [5, 5.41) is 11.2. The first-order chi connectivity index (χ1) is 14.9. The van der Waals surface area contributed by atoms with Crippen LogP contribution in [0.25, 0.3) is 5.76 Å². The Labute approximate surface area is 184 Å². The molecule has 0 unspecified atom stereocenters. The van der Waals surface area contributed by atoms with Crippen molar-refractivity contribution < 1.29 is 14.7 Å². The third-order valence-electron chi connectivity index (χ3n) is 5.96. The van der Waals surface area contributed by atoms with E-state index in [9.17, 15) is 14.7 Å². The van der Waals surface area contributed by atoms with Crippen molar-refractivity contribution in [1.29, 1.82) is 0 Å². The number of ketones is 1. The minimum absolute atomic E-state index is 0.125. The first kappa shape index (κ1) is 22.7. The van der Waals surface area contributed by atoms with Gasteiger partial charge in [0.25, 0.3) is 11.7 Å². The zero-order chi connectivity index (χ0) is 22.5. The smallest absolute Gasteiger partial charge is 0.295 e. The number of aliphatic hydroxyl groups is 1. The SMILES string of the molecule is CCN(CC)CCCN1C(=O)C(=O)C(=C(O)c2cc(C)ccc2C)[C@H]1c1cccnc1. The van der Waals surface area contributed by atoms with Crippen molar-refractivity contribution in [2.45, 2.75) is 40.2 Å². The number of aliphatic hydroxyl groups excluding tert-OH is 1. The van der Waals surface area contributed by atoms with E-state index >= 15 is 0 Å². The van der Waals surface area contributed by atoms with Crippen LogP contribution >= 0.6 is 0 Å². The van der Waals surface area contributed by atoms with E-state index in [1.807, 2.05) is 38.1 Å². The van der Waals surface area contributed by atoms with Crippen LogP contribution in [0.5, 0.6) is 0 Å². The number of pyridine rings is 1. The molecule has 1 aliphatic rings. The molecule has 0 saturated carbocycles. The highest BCUT2D eigenvalue weighted by Gasteiger charge is 2.46. The Morgan fingerprint density at radius 3 is 2.55 bits per heavy atom. The van der Waals surface area contributed by atoms with E-state index in [0.29, 0.717) is 12.1 Å². The maximum Gasteiger partial charge on any atom is 0.295 e. The summed E-state index contributed by atoms with van der Waals surface area (Å²) in [4.78, 5) is 34.1. The zero-order valence-corrected chi connectivity index (χ0v) is 18.8. The van der Waals surface area contributed by atoms with E-state index in [1.165, 1.54) is 0 Å². The molecule has 2 heterocycles. The van der Waals surface area contributed by atoms with E-state index in [-0.39, 0.29) is 11.3 Å². The summed E-state index contributed by atoms with van der Waals surface area (Å²) in [7, 11) is 0. The van der Waals surface area contributed by atoms with Gasteiger partial charge in [-0.2, -0.15) is 0 Å². The minimum Gasteiger partial charge on any atom is -0.507 e. The van der Waals surface area contributed by atoms with Crippen molar-refractivity contribution in [1.82, 2.24) is 14.8 Å². The lowest BCUT2D eigenvalue weighted by atomic mass is 9.94. The first-order valence-corrected chi connectivity index (χ1v) is 10.9. The second-order valence-corrected chi connectivity index (χ2v) is 7.98. The third kappa shape index (κ3) is 4.69. The summed E-state index contributed by atoms with van der Waals surface area (Å²) in [6.45, 7) is 11.2. The number of aryl methyl sites for hydroxylation is 2. The van der Waals surface area contributed by atoms with Crippen LogP contribution in [-0.2, 0) is 9.59 Å². The Morgan fingerprint density at radius 2 is 1.90 bits per heavy atom. The highest BCUT2D eigenvalue weighted by molar-refractivity contribution is 6.46. The van der Waals surface area contributed by atoms with Gasteiger partial charge in [0.1, 0.15) is 5.76 Å². The maximum atomic E-state index is 13.1. The van der Waals surface area contributed by atoms with Gasteiger partial charge < -0.3 is 14.9 Å². The number of carbonyl (C=O) groups is 2. The Kier molecular flexibility index (Phi) is 7.23. The molecule has 6 nitrogen and oxygen atoms in total. The van der Waals surface area contributed by atoms with Crippen molar-refractivity contribution in [2.75, 3.05) is 26.2 Å². The highest BCUT2D eigenvalue weighted by Crippen LogP contribution is 2.39. The molecule has 0 aliphatic carbocycles. The topological polar surface area (TPSA) is 73.7 Å². The van der Waals surface area contributed by atoms with Gasteiger partial charge in [0, 0.05) is 24.5 Å². The molecule has 6 heteroatoms. The molecule has 0 bridgehead atoms. The molecule has 31 heavy (non-hydrogen) atoms. The number of hydrogen-bond donors (Lipinski definition) is 1. The number of rotatable bonds is 8. The molecule has 1 atom stereocenters. The average molecular weight is 422 g/mol. The summed E-state index contributed by atoms with van der Waals surface area (Å²) in [5.74, 6) is -1.34. The van der Waals surface area contributed by atoms with Crippen LogP contribution in [0.2, 0.25) is 0 Å². The molecular weight excluding hydrogens is 390 g/mol. The fraction of sp³-hybridized carbons (Fsp3) is 0.400. The lowest BCUT2D eigenvalue weighted by molar-refractivity contribution is -0.140. The standard InChI is InChI=1S/C25H31N3O3/c1-5-27(6-2)13-8-14-28-22(19-9-7-12-26-16-19)21(24(30)25(28)31)23(29)20-15-17(3)10-11-18(20)4/h7,9-12,15-16,22,29H,5-6,8,13-14H2,1-4H3/t22-/m1/s1. The Morgan fingerprint density at radius 1 is 1.16 bits per heavy atom. The summed E-state index contributed by atoms with van der Waals surface area (Å²) < 4.78 is 0. The molecule has 164 valence electrons. The number of benzene rings is 1. The number of likely N-dealkylation sites (tertiary alicyclic amines) is 1. The van der Waals surface area contributed by atoms with Gasteiger partial charge in [-0.05, 0) is 63.2 Å². The molecule has 3 rings (SSSR count). The van der Waals surface area contributed by atoms with E-state index in [1.54, 1.807) is 23.4 Å². The van der Waals surface area contributed by atoms with Gasteiger partial charge in [0.2, 0.25) is 0 Å². The third-order valence-corrected chi connectivity index (χ3v) is 5.96. The Hall–Kier alpha value is -2.99. The van der Waals surface area contributed by atoms with Crippen LogP contribution in [-0.4, -0.2) is 57.8 Å². The van der Waals surface area contributed by atoms with Gasteiger partial charge in [-0.25, -0.2) is 0 Å². The number of carbonyl (C=O) groups excluding carboxylic acids is 2. The summed E-state index contributed by atoms with van der Waals surface area (Å²) in [6, 6.07) is 8.68. The fourth-order valence-electron chi connectivity index (χ4n) is 4.14. The second-order valence-electron chi connectivity index (χ2n) is 7.98. The van der Waals surface area contributed by atoms with Gasteiger partial charge in [-0.3, -0.25) is 14.6 Å². The average Bonchev–Trinajstić information content (AvgIpc) is 3.03. The molecule has 1 fully saturated rings. The number of Topliss-reactive ketones (excluding diaryl/α,β-unsaturated/α-hetero) is 1. The van der Waals surface area contributed by atoms with E-state index in [2.05, 4.69) is 23.7 Å². The molecule has 1 aromatic heterocycles. The van der Waals surface area contributed by atoms with Crippen molar-refractivity contribution in [3.8, 4) is 0 Å². The molecule has 1 amide bonds. The van der Waals surface area contributed by atoms with E-state index < -0.39 is 17.7 Å². The minimum atomic E-state index is -0.648. The van der Waals surface area contributed by atoms with Crippen molar-refractivity contribution in [3.63, 3.8) is 0 Å². The summed E-state index contributed by atoms with van der Waals surface area (Å²) in [6.07, 6.45) is 4.06. The van der Waals surface area contributed by atoms with Crippen LogP contribution in [0.15, 0.2) is 48.3 Å². The predicted octanol–water partition coefficient (Wildman–Crippen LogP) is 3.85. The molecule has 1 aliphatic heterocycles. The molecule has 1 saturated heterocycles. The van der Waals surface area contributed by atoms with E-state index in [0.717, 1.165) is 42.7 Å². The van der Waals surface area contributed by atoms with Crippen LogP contribution < -0.4 is 0 Å². The second kappa shape index (κ2) is 9.88. The molecular formula is C25H31N3O3. The number of hydrogen-bond acceptors (Lipinski definition) is 5. The quantitative estimate of drug-likeness (QED) is 0.398. The monoisotopic (exact) mass is 421 g/mol. The number of amides is 1. The number of aromatic nitrogens is 1. The number of nitrogens with zero attached hydrogens (tertiary/aromatic N) is 3.